The van der Waals surface area contributed by atoms with Crippen LogP contribution in [0.5, 0.6) is 0 Å². The summed E-state index contributed by atoms with van der Waals surface area (Å²) in [5.41, 5.74) is 5.67. The van der Waals surface area contributed by atoms with Gasteiger partial charge >= 0.3 is 0 Å². The van der Waals surface area contributed by atoms with Gasteiger partial charge in [0.15, 0.2) is 0 Å². The van der Waals surface area contributed by atoms with Crippen molar-refractivity contribution < 1.29 is 9.47 Å². The lowest BCUT2D eigenvalue weighted by molar-refractivity contribution is 0.0162. The number of hydrogen-bond donors (Lipinski definition) is 1. The van der Waals surface area contributed by atoms with Crippen molar-refractivity contribution in [3.8, 4) is 0 Å². The molecule has 1 aliphatic rings. The Labute approximate surface area is 86.9 Å². The van der Waals surface area contributed by atoms with Crippen LogP contribution in [-0.4, -0.2) is 32.5 Å². The molecule has 2 N–H and O–H groups in total. The highest BCUT2D eigenvalue weighted by molar-refractivity contribution is 4.78. The molecule has 1 fully saturated rings. The van der Waals surface area contributed by atoms with E-state index in [1.54, 1.807) is 0 Å². The highest BCUT2D eigenvalue weighted by Gasteiger charge is 2.26. The van der Waals surface area contributed by atoms with Gasteiger partial charge in [-0.05, 0) is 38.6 Å². The van der Waals surface area contributed by atoms with Gasteiger partial charge in [0.1, 0.15) is 0 Å². The Morgan fingerprint density at radius 1 is 1.29 bits per heavy atom. The van der Waals surface area contributed by atoms with E-state index >= 15 is 0 Å². The van der Waals surface area contributed by atoms with Crippen molar-refractivity contribution in [2.45, 2.75) is 38.7 Å². The molecule has 0 aliphatic heterocycles. The van der Waals surface area contributed by atoms with Crippen LogP contribution in [0.1, 0.15) is 32.6 Å². The normalized spacial score (nSPS) is 27.0. The highest BCUT2D eigenvalue weighted by Crippen LogP contribution is 2.27. The van der Waals surface area contributed by atoms with Gasteiger partial charge in [-0.3, -0.25) is 0 Å². The quantitative estimate of drug-likeness (QED) is 0.636. The molecule has 0 spiro atoms. The smallest absolute Gasteiger partial charge is 0.0615 e. The Morgan fingerprint density at radius 3 is 2.86 bits per heavy atom. The fourth-order valence-electron chi connectivity index (χ4n) is 2.03. The maximum Gasteiger partial charge on any atom is 0.0615 e. The van der Waals surface area contributed by atoms with E-state index in [2.05, 4.69) is 0 Å². The van der Waals surface area contributed by atoms with Crippen molar-refractivity contribution >= 4 is 0 Å². The summed E-state index contributed by atoms with van der Waals surface area (Å²) < 4.78 is 11.0. The van der Waals surface area contributed by atoms with Crippen LogP contribution in [0.15, 0.2) is 0 Å². The molecule has 2 atom stereocenters. The highest BCUT2D eigenvalue weighted by atomic mass is 16.5. The fraction of sp³-hybridized carbons (Fsp3) is 1.00. The summed E-state index contributed by atoms with van der Waals surface area (Å²) in [4.78, 5) is 0. The van der Waals surface area contributed by atoms with Gasteiger partial charge in [-0.25, -0.2) is 0 Å². The largest absolute Gasteiger partial charge is 0.382 e. The van der Waals surface area contributed by atoms with Gasteiger partial charge in [0.05, 0.1) is 6.10 Å². The molecular weight excluding hydrogens is 178 g/mol. The van der Waals surface area contributed by atoms with Gasteiger partial charge in [-0.15, -0.1) is 0 Å². The van der Waals surface area contributed by atoms with E-state index in [0.29, 0.717) is 12.0 Å². The zero-order chi connectivity index (χ0) is 10.2. The number of nitrogens with two attached hydrogens (primary N) is 1. The van der Waals surface area contributed by atoms with Gasteiger partial charge in [0, 0.05) is 19.8 Å². The van der Waals surface area contributed by atoms with E-state index in [-0.39, 0.29) is 0 Å². The predicted octanol–water partition coefficient (Wildman–Crippen LogP) is 1.56. The van der Waals surface area contributed by atoms with E-state index in [1.165, 1.54) is 19.3 Å². The first-order valence-electron chi connectivity index (χ1n) is 5.78. The molecule has 0 aromatic carbocycles. The van der Waals surface area contributed by atoms with Crippen molar-refractivity contribution in [1.29, 1.82) is 0 Å². The van der Waals surface area contributed by atoms with Gasteiger partial charge in [0.2, 0.25) is 0 Å². The summed E-state index contributed by atoms with van der Waals surface area (Å²) >= 11 is 0. The molecule has 0 amide bonds. The minimum Gasteiger partial charge on any atom is -0.382 e. The minimum atomic E-state index is 0.418. The molecule has 1 rings (SSSR count). The first kappa shape index (κ1) is 12.0. The van der Waals surface area contributed by atoms with Gasteiger partial charge < -0.3 is 15.2 Å². The van der Waals surface area contributed by atoms with E-state index in [1.807, 2.05) is 6.92 Å². The first-order valence-corrected chi connectivity index (χ1v) is 5.78. The zero-order valence-corrected chi connectivity index (χ0v) is 9.21. The molecule has 3 heteroatoms. The third-order valence-corrected chi connectivity index (χ3v) is 2.86. The molecule has 0 heterocycles. The number of ether oxygens (including phenoxy) is 2. The molecule has 0 aromatic heterocycles. The van der Waals surface area contributed by atoms with Crippen LogP contribution in [0.2, 0.25) is 0 Å². The Kier molecular flexibility index (Phi) is 6.15. The number of rotatable bonds is 7. The van der Waals surface area contributed by atoms with E-state index in [4.69, 9.17) is 15.2 Å². The summed E-state index contributed by atoms with van der Waals surface area (Å²) in [5.74, 6) is 0.599. The van der Waals surface area contributed by atoms with Gasteiger partial charge in [-0.1, -0.05) is 6.42 Å². The molecule has 14 heavy (non-hydrogen) atoms. The third-order valence-electron chi connectivity index (χ3n) is 2.86. The summed E-state index contributed by atoms with van der Waals surface area (Å²) in [5, 5.41) is 0. The third kappa shape index (κ3) is 3.95. The molecule has 3 nitrogen and oxygen atoms in total. The van der Waals surface area contributed by atoms with Crippen LogP contribution in [0.3, 0.4) is 0 Å². The lowest BCUT2D eigenvalue weighted by atomic mass is 10.1. The lowest BCUT2D eigenvalue weighted by Gasteiger charge is -2.18. The van der Waals surface area contributed by atoms with Crippen molar-refractivity contribution in [3.63, 3.8) is 0 Å². The van der Waals surface area contributed by atoms with Crippen molar-refractivity contribution in [2.75, 3.05) is 26.4 Å². The second-order valence-corrected chi connectivity index (χ2v) is 3.89. The van der Waals surface area contributed by atoms with Crippen LogP contribution in [0, 0.1) is 5.92 Å². The van der Waals surface area contributed by atoms with Crippen LogP contribution >= 0.6 is 0 Å². The molecule has 2 unspecified atom stereocenters. The summed E-state index contributed by atoms with van der Waals surface area (Å²) in [6.07, 6.45) is 5.13. The molecule has 0 saturated heterocycles. The van der Waals surface area contributed by atoms with Gasteiger partial charge in [-0.2, -0.15) is 0 Å². The molecule has 0 bridgehead atoms. The topological polar surface area (TPSA) is 44.5 Å². The van der Waals surface area contributed by atoms with E-state index < -0.39 is 0 Å². The fourth-order valence-corrected chi connectivity index (χ4v) is 2.03. The summed E-state index contributed by atoms with van der Waals surface area (Å²) in [6.45, 7) is 5.23. The molecular formula is C11H23NO2. The standard InChI is InChI=1S/C11H23NO2/c1-2-13-7-4-8-14-11-6-3-5-10(11)9-12/h10-11H,2-9,12H2,1H3. The molecule has 1 aliphatic carbocycles. The maximum atomic E-state index is 5.79. The van der Waals surface area contributed by atoms with E-state index in [0.717, 1.165) is 32.8 Å². The molecule has 1 saturated carbocycles. The molecule has 0 radical (unpaired) electrons. The van der Waals surface area contributed by atoms with Gasteiger partial charge in [0.25, 0.3) is 0 Å². The average molecular weight is 201 g/mol. The number of hydrogen-bond acceptors (Lipinski definition) is 3. The Balaban J connectivity index is 2.00. The van der Waals surface area contributed by atoms with Crippen LogP contribution in [0.4, 0.5) is 0 Å². The molecule has 0 aromatic rings. The van der Waals surface area contributed by atoms with Crippen molar-refractivity contribution in [1.82, 2.24) is 0 Å². The average Bonchev–Trinajstić information content (AvgIpc) is 2.65. The molecule has 84 valence electrons. The Hall–Kier alpha value is -0.120. The monoisotopic (exact) mass is 201 g/mol. The predicted molar refractivity (Wildman–Crippen MR) is 57.2 cm³/mol. The van der Waals surface area contributed by atoms with Crippen LogP contribution in [0.25, 0.3) is 0 Å². The summed E-state index contributed by atoms with van der Waals surface area (Å²) in [6, 6.07) is 0. The lowest BCUT2D eigenvalue weighted by Crippen LogP contribution is -2.25. The Bertz CT molecular complexity index is 141. The second-order valence-electron chi connectivity index (χ2n) is 3.89. The zero-order valence-electron chi connectivity index (χ0n) is 9.21. The van der Waals surface area contributed by atoms with E-state index in [9.17, 15) is 0 Å². The SMILES string of the molecule is CCOCCCOC1CCCC1CN. The van der Waals surface area contributed by atoms with Crippen molar-refractivity contribution in [2.24, 2.45) is 11.7 Å². The Morgan fingerprint density at radius 2 is 2.14 bits per heavy atom. The van der Waals surface area contributed by atoms with Crippen LogP contribution < -0.4 is 5.73 Å². The van der Waals surface area contributed by atoms with Crippen LogP contribution in [-0.2, 0) is 9.47 Å². The second kappa shape index (κ2) is 7.21. The summed E-state index contributed by atoms with van der Waals surface area (Å²) in [7, 11) is 0. The minimum absolute atomic E-state index is 0.418. The maximum absolute atomic E-state index is 5.79. The first-order chi connectivity index (χ1) is 6.88. The van der Waals surface area contributed by atoms with Crippen molar-refractivity contribution in [3.05, 3.63) is 0 Å².